The van der Waals surface area contributed by atoms with E-state index in [1.165, 1.54) is 0 Å². The number of fused-ring (bicyclic) bond motifs is 3. The number of para-hydroxylation sites is 1. The first kappa shape index (κ1) is 20.0. The van der Waals surface area contributed by atoms with E-state index in [4.69, 9.17) is 4.74 Å². The third-order valence-corrected chi connectivity index (χ3v) is 7.16. The fourth-order valence-electron chi connectivity index (χ4n) is 5.58. The number of carbonyl (C=O) groups excluding carboxylic acids is 1. The van der Waals surface area contributed by atoms with Crippen molar-refractivity contribution in [2.75, 3.05) is 6.61 Å². The van der Waals surface area contributed by atoms with Crippen molar-refractivity contribution in [3.05, 3.63) is 60.4 Å². The lowest BCUT2D eigenvalue weighted by Crippen LogP contribution is -2.40. The first-order chi connectivity index (χ1) is 16.2. The van der Waals surface area contributed by atoms with Crippen LogP contribution < -0.4 is 4.74 Å². The minimum Gasteiger partial charge on any atom is -0.484 e. The Balaban J connectivity index is 1.15. The van der Waals surface area contributed by atoms with Gasteiger partial charge in [0.1, 0.15) is 11.4 Å². The maximum Gasteiger partial charge on any atom is 0.261 e. The molecule has 2 aliphatic heterocycles. The number of H-pyrrole nitrogens is 1. The van der Waals surface area contributed by atoms with E-state index >= 15 is 0 Å². The number of aryl methyl sites for hydroxylation is 1. The standard InChI is InChI=1S/C25H26N6O2/c1-16-4-2-3-5-24(16)33-15-25(32)31-20-7-9-23(31)19(11-20)14-30-22-8-6-17(10-18(22)12-27-30)21-13-26-29-28-21/h2-6,8,10,12-13,19-20,23H,7,9,11,14-15H2,1H3,(H,26,28,29). The van der Waals surface area contributed by atoms with Crippen LogP contribution in [0.15, 0.2) is 54.9 Å². The maximum atomic E-state index is 13.1. The molecule has 0 spiro atoms. The Kier molecular flexibility index (Phi) is 4.86. The number of nitrogens with zero attached hydrogens (tertiary/aromatic N) is 5. The van der Waals surface area contributed by atoms with Crippen LogP contribution in [0.2, 0.25) is 0 Å². The lowest BCUT2D eigenvalue weighted by molar-refractivity contribution is -0.134. The first-order valence-electron chi connectivity index (χ1n) is 11.5. The number of aromatic nitrogens is 5. The molecule has 2 bridgehead atoms. The normalized spacial score (nSPS) is 21.7. The Morgan fingerprint density at radius 1 is 1.18 bits per heavy atom. The molecule has 0 saturated carbocycles. The summed E-state index contributed by atoms with van der Waals surface area (Å²) in [5, 5.41) is 16.5. The molecule has 1 amide bonds. The summed E-state index contributed by atoms with van der Waals surface area (Å²) in [7, 11) is 0. The predicted molar refractivity (Wildman–Crippen MR) is 124 cm³/mol. The van der Waals surface area contributed by atoms with E-state index in [2.05, 4.69) is 48.3 Å². The van der Waals surface area contributed by atoms with E-state index < -0.39 is 0 Å². The smallest absolute Gasteiger partial charge is 0.261 e. The Morgan fingerprint density at radius 3 is 2.94 bits per heavy atom. The number of aromatic amines is 1. The number of hydrogen-bond acceptors (Lipinski definition) is 5. The van der Waals surface area contributed by atoms with Gasteiger partial charge in [-0.15, -0.1) is 0 Å². The lowest BCUT2D eigenvalue weighted by atomic mass is 9.89. The SMILES string of the molecule is Cc1ccccc1OCC(=O)N1C2CCC1C(Cn1ncc3cc(-c4cn[nH]n4)ccc31)C2. The van der Waals surface area contributed by atoms with Gasteiger partial charge in [-0.05, 0) is 49.9 Å². The first-order valence-corrected chi connectivity index (χ1v) is 11.5. The van der Waals surface area contributed by atoms with Crippen molar-refractivity contribution >= 4 is 16.8 Å². The van der Waals surface area contributed by atoms with Crippen molar-refractivity contribution in [2.45, 2.75) is 44.8 Å². The van der Waals surface area contributed by atoms with Gasteiger partial charge in [0.2, 0.25) is 0 Å². The highest BCUT2D eigenvalue weighted by molar-refractivity contribution is 5.83. The van der Waals surface area contributed by atoms with Crippen molar-refractivity contribution in [1.82, 2.24) is 30.1 Å². The quantitative estimate of drug-likeness (QED) is 0.493. The molecule has 1 N–H and O–H groups in total. The van der Waals surface area contributed by atoms with E-state index in [0.717, 1.165) is 59.3 Å². The molecule has 0 aliphatic carbocycles. The topological polar surface area (TPSA) is 88.9 Å². The fraction of sp³-hybridized carbons (Fsp3) is 0.360. The minimum atomic E-state index is 0.0934. The van der Waals surface area contributed by atoms with Crippen LogP contribution in [0.5, 0.6) is 5.75 Å². The van der Waals surface area contributed by atoms with Gasteiger partial charge in [0.15, 0.2) is 6.61 Å². The molecule has 168 valence electrons. The van der Waals surface area contributed by atoms with Gasteiger partial charge in [0, 0.05) is 35.5 Å². The summed E-state index contributed by atoms with van der Waals surface area (Å²) in [4.78, 5) is 15.2. The summed E-state index contributed by atoms with van der Waals surface area (Å²) in [6.45, 7) is 2.91. The van der Waals surface area contributed by atoms with Gasteiger partial charge in [0.25, 0.3) is 5.91 Å². The van der Waals surface area contributed by atoms with Crippen LogP contribution in [0, 0.1) is 12.8 Å². The van der Waals surface area contributed by atoms with Crippen molar-refractivity contribution < 1.29 is 9.53 Å². The molecule has 8 nitrogen and oxygen atoms in total. The monoisotopic (exact) mass is 442 g/mol. The fourth-order valence-corrected chi connectivity index (χ4v) is 5.58. The van der Waals surface area contributed by atoms with Crippen LogP contribution in [0.25, 0.3) is 22.2 Å². The summed E-state index contributed by atoms with van der Waals surface area (Å²) in [6.07, 6.45) is 6.79. The van der Waals surface area contributed by atoms with Crippen LogP contribution in [-0.2, 0) is 11.3 Å². The van der Waals surface area contributed by atoms with Crippen molar-refractivity contribution in [3.63, 3.8) is 0 Å². The van der Waals surface area contributed by atoms with Crippen molar-refractivity contribution in [1.29, 1.82) is 0 Å². The summed E-state index contributed by atoms with van der Waals surface area (Å²) in [6, 6.07) is 14.6. The van der Waals surface area contributed by atoms with Crippen LogP contribution >= 0.6 is 0 Å². The van der Waals surface area contributed by atoms with Gasteiger partial charge >= 0.3 is 0 Å². The van der Waals surface area contributed by atoms with Gasteiger partial charge in [-0.3, -0.25) is 9.48 Å². The lowest BCUT2D eigenvalue weighted by Gasteiger charge is -2.25. The van der Waals surface area contributed by atoms with Crippen molar-refractivity contribution in [2.24, 2.45) is 5.92 Å². The van der Waals surface area contributed by atoms with E-state index in [0.29, 0.717) is 12.0 Å². The van der Waals surface area contributed by atoms with Crippen LogP contribution in [-0.4, -0.2) is 54.7 Å². The van der Waals surface area contributed by atoms with Gasteiger partial charge < -0.3 is 9.64 Å². The number of nitrogens with one attached hydrogen (secondary N) is 1. The number of ether oxygens (including phenoxy) is 1. The average Bonchev–Trinajstić information content (AvgIpc) is 3.62. The molecule has 2 aliphatic rings. The number of rotatable bonds is 6. The summed E-state index contributed by atoms with van der Waals surface area (Å²) < 4.78 is 7.94. The van der Waals surface area contributed by atoms with Crippen LogP contribution in [0.1, 0.15) is 24.8 Å². The zero-order valence-electron chi connectivity index (χ0n) is 18.5. The van der Waals surface area contributed by atoms with E-state index in [-0.39, 0.29) is 18.6 Å². The molecular formula is C25H26N6O2. The molecule has 2 fully saturated rings. The predicted octanol–water partition coefficient (Wildman–Crippen LogP) is 3.59. The molecule has 3 unspecified atom stereocenters. The molecule has 33 heavy (non-hydrogen) atoms. The average molecular weight is 443 g/mol. The molecule has 2 saturated heterocycles. The van der Waals surface area contributed by atoms with Gasteiger partial charge in [-0.1, -0.05) is 24.3 Å². The molecule has 4 aromatic rings. The van der Waals surface area contributed by atoms with Gasteiger partial charge in [0.05, 0.1) is 17.9 Å². The highest BCUT2D eigenvalue weighted by atomic mass is 16.5. The second-order valence-corrected chi connectivity index (χ2v) is 9.11. The number of carbonyl (C=O) groups is 1. The molecule has 4 heterocycles. The van der Waals surface area contributed by atoms with Gasteiger partial charge in [-0.2, -0.15) is 20.5 Å². The molecule has 8 heteroatoms. The third-order valence-electron chi connectivity index (χ3n) is 7.16. The van der Waals surface area contributed by atoms with Crippen LogP contribution in [0.3, 0.4) is 0 Å². The van der Waals surface area contributed by atoms with Crippen molar-refractivity contribution in [3.8, 4) is 17.0 Å². The highest BCUT2D eigenvalue weighted by Crippen LogP contribution is 2.42. The Labute approximate surface area is 191 Å². The molecule has 3 atom stereocenters. The molecule has 2 aromatic heterocycles. The number of amides is 1. The highest BCUT2D eigenvalue weighted by Gasteiger charge is 2.48. The second-order valence-electron chi connectivity index (χ2n) is 9.11. The number of benzene rings is 2. The zero-order chi connectivity index (χ0) is 22.4. The maximum absolute atomic E-state index is 13.1. The minimum absolute atomic E-state index is 0.0934. The molecular weight excluding hydrogens is 416 g/mol. The van der Waals surface area contributed by atoms with E-state index in [1.807, 2.05) is 37.4 Å². The van der Waals surface area contributed by atoms with E-state index in [1.54, 1.807) is 6.20 Å². The molecule has 2 aromatic carbocycles. The Bertz CT molecular complexity index is 1300. The Morgan fingerprint density at radius 2 is 2.09 bits per heavy atom. The molecule has 6 rings (SSSR count). The van der Waals surface area contributed by atoms with Crippen LogP contribution in [0.4, 0.5) is 0 Å². The largest absolute Gasteiger partial charge is 0.484 e. The Hall–Kier alpha value is -3.68. The van der Waals surface area contributed by atoms with Gasteiger partial charge in [-0.25, -0.2) is 0 Å². The summed E-state index contributed by atoms with van der Waals surface area (Å²) in [5.41, 5.74) is 3.98. The third kappa shape index (κ3) is 3.55. The second kappa shape index (κ2) is 8.03. The number of hydrogen-bond donors (Lipinski definition) is 1. The summed E-state index contributed by atoms with van der Waals surface area (Å²) >= 11 is 0. The van der Waals surface area contributed by atoms with E-state index in [9.17, 15) is 4.79 Å². The molecule has 0 radical (unpaired) electrons. The summed E-state index contributed by atoms with van der Waals surface area (Å²) in [5.74, 6) is 1.28. The zero-order valence-corrected chi connectivity index (χ0v) is 18.5.